The van der Waals surface area contributed by atoms with E-state index < -0.39 is 0 Å². The molecule has 0 aliphatic rings. The number of rotatable bonds is 9. The molecule has 26 heavy (non-hydrogen) atoms. The monoisotopic (exact) mass is 352 g/mol. The van der Waals surface area contributed by atoms with Gasteiger partial charge in [-0.05, 0) is 61.8 Å². The summed E-state index contributed by atoms with van der Waals surface area (Å²) >= 11 is 0. The smallest absolute Gasteiger partial charge is 0.251 e. The summed E-state index contributed by atoms with van der Waals surface area (Å²) in [4.78, 5) is 14.6. The molecule has 0 saturated heterocycles. The summed E-state index contributed by atoms with van der Waals surface area (Å²) in [6.45, 7) is 5.23. The van der Waals surface area contributed by atoms with Gasteiger partial charge in [-0.25, -0.2) is 0 Å². The highest BCUT2D eigenvalue weighted by Gasteiger charge is 2.12. The van der Waals surface area contributed by atoms with Gasteiger partial charge in [-0.3, -0.25) is 4.79 Å². The van der Waals surface area contributed by atoms with Crippen molar-refractivity contribution in [2.45, 2.75) is 52.1 Å². The molecule has 0 spiro atoms. The van der Waals surface area contributed by atoms with E-state index in [1.54, 1.807) is 0 Å². The summed E-state index contributed by atoms with van der Waals surface area (Å²) in [5, 5.41) is 3.16. The lowest BCUT2D eigenvalue weighted by Crippen LogP contribution is -2.34. The summed E-state index contributed by atoms with van der Waals surface area (Å²) in [5.74, 6) is 0.0286. The van der Waals surface area contributed by atoms with Crippen molar-refractivity contribution in [2.75, 3.05) is 14.1 Å². The van der Waals surface area contributed by atoms with Crippen LogP contribution < -0.4 is 5.32 Å². The number of hydrogen-bond acceptors (Lipinski definition) is 2. The Labute approximate surface area is 158 Å². The lowest BCUT2D eigenvalue weighted by Gasteiger charge is -2.16. The van der Waals surface area contributed by atoms with Crippen molar-refractivity contribution in [1.82, 2.24) is 10.2 Å². The number of amides is 1. The average molecular weight is 353 g/mol. The van der Waals surface area contributed by atoms with Crippen LogP contribution in [-0.4, -0.2) is 30.9 Å². The van der Waals surface area contributed by atoms with E-state index in [1.165, 1.54) is 11.1 Å². The molecule has 0 aliphatic heterocycles. The number of carbonyl (C=O) groups is 1. The number of unbranched alkanes of at least 4 members (excludes halogenated alkanes) is 1. The van der Waals surface area contributed by atoms with Crippen molar-refractivity contribution < 1.29 is 4.79 Å². The van der Waals surface area contributed by atoms with E-state index in [1.807, 2.05) is 24.3 Å². The van der Waals surface area contributed by atoms with Crippen molar-refractivity contribution in [3.8, 4) is 11.1 Å². The topological polar surface area (TPSA) is 32.3 Å². The molecule has 0 radical (unpaired) electrons. The Morgan fingerprint density at radius 2 is 1.77 bits per heavy atom. The lowest BCUT2D eigenvalue weighted by molar-refractivity contribution is 0.0933. The first-order valence-electron chi connectivity index (χ1n) is 9.68. The van der Waals surface area contributed by atoms with Crippen LogP contribution in [0.1, 0.15) is 55.5 Å². The number of hydrogen-bond donors (Lipinski definition) is 1. The van der Waals surface area contributed by atoms with E-state index in [9.17, 15) is 4.79 Å². The Morgan fingerprint density at radius 3 is 2.38 bits per heavy atom. The van der Waals surface area contributed by atoms with Gasteiger partial charge in [0.25, 0.3) is 5.91 Å². The van der Waals surface area contributed by atoms with E-state index in [-0.39, 0.29) is 11.9 Å². The van der Waals surface area contributed by atoms with E-state index in [4.69, 9.17) is 0 Å². The van der Waals surface area contributed by atoms with Crippen molar-refractivity contribution in [1.29, 1.82) is 0 Å². The molecule has 0 saturated carbocycles. The molecular weight excluding hydrogens is 320 g/mol. The van der Waals surface area contributed by atoms with Crippen LogP contribution in [0.15, 0.2) is 48.5 Å². The summed E-state index contributed by atoms with van der Waals surface area (Å²) in [5.41, 5.74) is 4.34. The number of benzene rings is 2. The summed E-state index contributed by atoms with van der Waals surface area (Å²) < 4.78 is 0. The van der Waals surface area contributed by atoms with Crippen molar-refractivity contribution in [3.05, 3.63) is 59.7 Å². The lowest BCUT2D eigenvalue weighted by atomic mass is 10.0. The quantitative estimate of drug-likeness (QED) is 0.680. The Bertz CT molecular complexity index is 692. The Hall–Kier alpha value is -2.13. The molecule has 140 valence electrons. The minimum Gasteiger partial charge on any atom is -0.349 e. The second-order valence-corrected chi connectivity index (χ2v) is 7.24. The highest BCUT2D eigenvalue weighted by Crippen LogP contribution is 2.21. The maximum atomic E-state index is 12.5. The van der Waals surface area contributed by atoms with Gasteiger partial charge in [0, 0.05) is 18.2 Å². The number of nitrogens with one attached hydrogen (secondary N) is 1. The molecule has 1 amide bonds. The van der Waals surface area contributed by atoms with Crippen LogP contribution >= 0.6 is 0 Å². The van der Waals surface area contributed by atoms with Gasteiger partial charge in [0.2, 0.25) is 0 Å². The van der Waals surface area contributed by atoms with Gasteiger partial charge in [0.1, 0.15) is 0 Å². The molecule has 2 aromatic rings. The van der Waals surface area contributed by atoms with Gasteiger partial charge in [0.15, 0.2) is 0 Å². The first-order chi connectivity index (χ1) is 12.5. The fraction of sp³-hybridized carbons (Fsp3) is 0.435. The van der Waals surface area contributed by atoms with Gasteiger partial charge in [-0.2, -0.15) is 0 Å². The standard InChI is InChI=1S/C23H32N2O/c1-5-7-11-22(6-2)24-23(26)20-14-12-19(13-15-20)21-10-8-9-18(16-21)17-25(3)4/h8-10,12-16,22H,5-7,11,17H2,1-4H3,(H,24,26). The zero-order valence-corrected chi connectivity index (χ0v) is 16.6. The largest absolute Gasteiger partial charge is 0.349 e. The highest BCUT2D eigenvalue weighted by molar-refractivity contribution is 5.94. The van der Waals surface area contributed by atoms with Crippen molar-refractivity contribution >= 4 is 5.91 Å². The molecule has 1 N–H and O–H groups in total. The first-order valence-corrected chi connectivity index (χ1v) is 9.68. The summed E-state index contributed by atoms with van der Waals surface area (Å²) in [7, 11) is 4.15. The van der Waals surface area contributed by atoms with Crippen molar-refractivity contribution in [2.24, 2.45) is 0 Å². The van der Waals surface area contributed by atoms with Crippen LogP contribution in [0.4, 0.5) is 0 Å². The van der Waals surface area contributed by atoms with E-state index >= 15 is 0 Å². The third-order valence-corrected chi connectivity index (χ3v) is 4.64. The molecule has 0 bridgehead atoms. The van der Waals surface area contributed by atoms with Crippen LogP contribution in [0, 0.1) is 0 Å². The van der Waals surface area contributed by atoms with Gasteiger partial charge < -0.3 is 10.2 Å². The minimum atomic E-state index is 0.0286. The van der Waals surface area contributed by atoms with Crippen LogP contribution in [-0.2, 0) is 6.54 Å². The highest BCUT2D eigenvalue weighted by atomic mass is 16.1. The molecule has 3 heteroatoms. The molecule has 0 heterocycles. The van der Waals surface area contributed by atoms with Gasteiger partial charge in [-0.1, -0.05) is 57.0 Å². The number of carbonyl (C=O) groups excluding carboxylic acids is 1. The van der Waals surface area contributed by atoms with Crippen LogP contribution in [0.25, 0.3) is 11.1 Å². The van der Waals surface area contributed by atoms with E-state index in [0.29, 0.717) is 0 Å². The molecule has 1 unspecified atom stereocenters. The van der Waals surface area contributed by atoms with Crippen LogP contribution in [0.3, 0.4) is 0 Å². The first kappa shape index (κ1) is 20.2. The molecule has 1 atom stereocenters. The van der Waals surface area contributed by atoms with Crippen LogP contribution in [0.5, 0.6) is 0 Å². The second kappa shape index (κ2) is 10.1. The SMILES string of the molecule is CCCCC(CC)NC(=O)c1ccc(-c2cccc(CN(C)C)c2)cc1. The maximum Gasteiger partial charge on any atom is 0.251 e. The predicted molar refractivity (Wildman–Crippen MR) is 110 cm³/mol. The second-order valence-electron chi connectivity index (χ2n) is 7.24. The van der Waals surface area contributed by atoms with Gasteiger partial charge in [-0.15, -0.1) is 0 Å². The van der Waals surface area contributed by atoms with E-state index in [2.05, 4.69) is 62.4 Å². The number of nitrogens with zero attached hydrogens (tertiary/aromatic N) is 1. The molecule has 0 aliphatic carbocycles. The zero-order chi connectivity index (χ0) is 18.9. The Morgan fingerprint density at radius 1 is 1.04 bits per heavy atom. The summed E-state index contributed by atoms with van der Waals surface area (Å²) in [6, 6.07) is 16.8. The van der Waals surface area contributed by atoms with Gasteiger partial charge in [0.05, 0.1) is 0 Å². The van der Waals surface area contributed by atoms with E-state index in [0.717, 1.165) is 43.4 Å². The Kier molecular flexibility index (Phi) is 7.86. The predicted octanol–water partition coefficient (Wildman–Crippen LogP) is 5.11. The fourth-order valence-electron chi connectivity index (χ4n) is 3.13. The third kappa shape index (κ3) is 5.99. The van der Waals surface area contributed by atoms with Crippen molar-refractivity contribution in [3.63, 3.8) is 0 Å². The molecule has 2 aromatic carbocycles. The molecule has 3 nitrogen and oxygen atoms in total. The molecular formula is C23H32N2O. The van der Waals surface area contributed by atoms with Gasteiger partial charge >= 0.3 is 0 Å². The zero-order valence-electron chi connectivity index (χ0n) is 16.6. The fourth-order valence-corrected chi connectivity index (χ4v) is 3.13. The average Bonchev–Trinajstić information content (AvgIpc) is 2.64. The Balaban J connectivity index is 2.06. The molecule has 2 rings (SSSR count). The molecule has 0 aromatic heterocycles. The normalized spacial score (nSPS) is 12.2. The summed E-state index contributed by atoms with van der Waals surface area (Å²) in [6.07, 6.45) is 4.34. The minimum absolute atomic E-state index is 0.0286. The third-order valence-electron chi connectivity index (χ3n) is 4.64. The maximum absolute atomic E-state index is 12.5. The van der Waals surface area contributed by atoms with Crippen LogP contribution in [0.2, 0.25) is 0 Å². The molecule has 0 fully saturated rings.